The molecule has 0 aliphatic carbocycles. The van der Waals surface area contributed by atoms with Gasteiger partial charge in [-0.05, 0) is 0 Å². The fourth-order valence-electron chi connectivity index (χ4n) is 0.441. The number of nitrogens with two attached hydrogens (primary N) is 1. The lowest BCUT2D eigenvalue weighted by Crippen LogP contribution is -2.33. The van der Waals surface area contributed by atoms with Crippen LogP contribution in [0.3, 0.4) is 0 Å². The first-order valence-corrected chi connectivity index (χ1v) is 4.57. The molecule has 9 heteroatoms. The highest BCUT2D eigenvalue weighted by Crippen LogP contribution is 2.45. The molecular weight excluding hydrogens is 205 g/mol. The SMILES string of the molecule is N[C@@H](CC(=O)O[P+](O)(O)O)C(=O)O. The Bertz CT molecular complexity index is 211. The highest BCUT2D eigenvalue weighted by Gasteiger charge is 2.38. The van der Waals surface area contributed by atoms with Crippen molar-refractivity contribution >= 4 is 20.1 Å². The van der Waals surface area contributed by atoms with Crippen LogP contribution in [0.2, 0.25) is 0 Å². The van der Waals surface area contributed by atoms with E-state index in [0.29, 0.717) is 0 Å². The number of carboxylic acids is 1. The normalized spacial score (nSPS) is 13.5. The van der Waals surface area contributed by atoms with Gasteiger partial charge in [-0.2, -0.15) is 14.7 Å². The minimum atomic E-state index is -4.66. The van der Waals surface area contributed by atoms with E-state index in [1.165, 1.54) is 0 Å². The first-order chi connectivity index (χ1) is 5.72. The van der Waals surface area contributed by atoms with Gasteiger partial charge in [0.05, 0.1) is 6.42 Å². The summed E-state index contributed by atoms with van der Waals surface area (Å²) < 4.78 is 3.65. The predicted octanol–water partition coefficient (Wildman–Crippen LogP) is -2.01. The Morgan fingerprint density at radius 3 is 2.15 bits per heavy atom. The molecular formula is C4H9NO7P+. The lowest BCUT2D eigenvalue weighted by atomic mass is 10.2. The molecule has 76 valence electrons. The Balaban J connectivity index is 3.96. The average Bonchev–Trinajstić information content (AvgIpc) is 1.81. The molecule has 0 spiro atoms. The molecule has 6 N–H and O–H groups in total. The zero-order valence-corrected chi connectivity index (χ0v) is 7.22. The van der Waals surface area contributed by atoms with Crippen LogP contribution in [-0.4, -0.2) is 37.8 Å². The van der Waals surface area contributed by atoms with Gasteiger partial charge in [-0.25, -0.2) is 9.32 Å². The summed E-state index contributed by atoms with van der Waals surface area (Å²) in [4.78, 5) is 45.3. The van der Waals surface area contributed by atoms with Crippen molar-refractivity contribution in [1.29, 1.82) is 0 Å². The number of aliphatic carboxylic acids is 1. The second-order valence-electron chi connectivity index (χ2n) is 2.13. The third-order valence-electron chi connectivity index (χ3n) is 0.928. The highest BCUT2D eigenvalue weighted by molar-refractivity contribution is 7.53. The molecule has 1 atom stereocenters. The maximum Gasteiger partial charge on any atom is 0.616 e. The summed E-state index contributed by atoms with van der Waals surface area (Å²) in [5.41, 5.74) is 4.90. The Labute approximate surface area is 73.2 Å². The molecule has 0 unspecified atom stereocenters. The van der Waals surface area contributed by atoms with E-state index in [1.54, 1.807) is 0 Å². The van der Waals surface area contributed by atoms with Crippen molar-refractivity contribution in [3.05, 3.63) is 0 Å². The topological polar surface area (TPSA) is 150 Å². The fraction of sp³-hybridized carbons (Fsp3) is 0.500. The third kappa shape index (κ3) is 6.38. The van der Waals surface area contributed by atoms with E-state index >= 15 is 0 Å². The Hall–Kier alpha value is -0.790. The molecule has 0 saturated carbocycles. The van der Waals surface area contributed by atoms with Crippen LogP contribution < -0.4 is 5.73 Å². The van der Waals surface area contributed by atoms with Crippen LogP contribution in [0.15, 0.2) is 0 Å². The van der Waals surface area contributed by atoms with E-state index in [-0.39, 0.29) is 0 Å². The van der Waals surface area contributed by atoms with Gasteiger partial charge in [0, 0.05) is 0 Å². The van der Waals surface area contributed by atoms with E-state index < -0.39 is 32.6 Å². The molecule has 0 bridgehead atoms. The van der Waals surface area contributed by atoms with Gasteiger partial charge in [-0.1, -0.05) is 0 Å². The lowest BCUT2D eigenvalue weighted by molar-refractivity contribution is -0.144. The highest BCUT2D eigenvalue weighted by atomic mass is 31.2. The number of carbonyl (C=O) groups is 2. The summed E-state index contributed by atoms with van der Waals surface area (Å²) in [7, 11) is -4.66. The first-order valence-electron chi connectivity index (χ1n) is 3.00. The molecule has 0 aliphatic rings. The van der Waals surface area contributed by atoms with Crippen molar-refractivity contribution in [2.75, 3.05) is 0 Å². The van der Waals surface area contributed by atoms with Gasteiger partial charge in [0.2, 0.25) is 0 Å². The Morgan fingerprint density at radius 2 is 1.85 bits per heavy atom. The van der Waals surface area contributed by atoms with E-state index in [1.807, 2.05) is 0 Å². The molecule has 13 heavy (non-hydrogen) atoms. The van der Waals surface area contributed by atoms with Crippen molar-refractivity contribution in [3.8, 4) is 0 Å². The molecule has 0 heterocycles. The van der Waals surface area contributed by atoms with Crippen LogP contribution in [0, 0.1) is 0 Å². The zero-order chi connectivity index (χ0) is 10.6. The Kier molecular flexibility index (Phi) is 4.18. The van der Waals surface area contributed by atoms with Crippen molar-refractivity contribution in [2.45, 2.75) is 12.5 Å². The second-order valence-corrected chi connectivity index (χ2v) is 3.33. The monoisotopic (exact) mass is 214 g/mol. The smallest absolute Gasteiger partial charge is 0.480 e. The number of carbonyl (C=O) groups excluding carboxylic acids is 1. The van der Waals surface area contributed by atoms with Gasteiger partial charge < -0.3 is 10.8 Å². The number of rotatable bonds is 4. The molecule has 0 saturated heterocycles. The standard InChI is InChI=1S/C4H8NO7P/c5-2(4(7)8)1-3(6)12-13(9,10)11/h2,9-11H,1,5H2/p+1/t2-/m0/s1. The maximum atomic E-state index is 10.6. The molecule has 0 aromatic carbocycles. The van der Waals surface area contributed by atoms with Crippen molar-refractivity contribution in [3.63, 3.8) is 0 Å². The molecule has 0 amide bonds. The predicted molar refractivity (Wildman–Crippen MR) is 39.9 cm³/mol. The van der Waals surface area contributed by atoms with Crippen LogP contribution in [-0.2, 0) is 14.1 Å². The molecule has 0 aliphatic heterocycles. The maximum absolute atomic E-state index is 10.6. The molecule has 0 rings (SSSR count). The summed E-state index contributed by atoms with van der Waals surface area (Å²) in [6, 6.07) is -1.50. The van der Waals surface area contributed by atoms with E-state index in [4.69, 9.17) is 25.5 Å². The zero-order valence-electron chi connectivity index (χ0n) is 6.32. The largest absolute Gasteiger partial charge is 0.616 e. The summed E-state index contributed by atoms with van der Waals surface area (Å²) >= 11 is 0. The quantitative estimate of drug-likeness (QED) is 0.336. The first kappa shape index (κ1) is 12.2. The van der Waals surface area contributed by atoms with Gasteiger partial charge in [-0.3, -0.25) is 4.79 Å². The fourth-order valence-corrected chi connectivity index (χ4v) is 0.788. The van der Waals surface area contributed by atoms with Crippen molar-refractivity contribution < 1.29 is 33.9 Å². The van der Waals surface area contributed by atoms with Crippen molar-refractivity contribution in [1.82, 2.24) is 0 Å². The minimum absolute atomic E-state index is 0.751. The third-order valence-corrected chi connectivity index (χ3v) is 1.38. The Morgan fingerprint density at radius 1 is 1.38 bits per heavy atom. The summed E-state index contributed by atoms with van der Waals surface area (Å²) in [6.07, 6.45) is -0.751. The van der Waals surface area contributed by atoms with Crippen LogP contribution in [0.5, 0.6) is 0 Å². The number of carboxylic acid groups (broad SMARTS) is 1. The van der Waals surface area contributed by atoms with Crippen molar-refractivity contribution in [2.24, 2.45) is 5.73 Å². The van der Waals surface area contributed by atoms with Crippen LogP contribution in [0.4, 0.5) is 0 Å². The number of hydrogen-bond acceptors (Lipinski definition) is 7. The van der Waals surface area contributed by atoms with Crippen LogP contribution >= 0.6 is 8.17 Å². The summed E-state index contributed by atoms with van der Waals surface area (Å²) in [5.74, 6) is -2.73. The van der Waals surface area contributed by atoms with Gasteiger partial charge >= 0.3 is 20.1 Å². The minimum Gasteiger partial charge on any atom is -0.480 e. The van der Waals surface area contributed by atoms with Gasteiger partial charge in [-0.15, -0.1) is 0 Å². The molecule has 0 fully saturated rings. The lowest BCUT2D eigenvalue weighted by Gasteiger charge is -2.04. The van der Waals surface area contributed by atoms with Crippen LogP contribution in [0.25, 0.3) is 0 Å². The summed E-state index contributed by atoms with van der Waals surface area (Å²) in [5, 5.41) is 8.22. The van der Waals surface area contributed by atoms with E-state index in [9.17, 15) is 9.59 Å². The summed E-state index contributed by atoms with van der Waals surface area (Å²) in [6.45, 7) is 0. The average molecular weight is 214 g/mol. The van der Waals surface area contributed by atoms with E-state index in [2.05, 4.69) is 4.52 Å². The molecule has 8 nitrogen and oxygen atoms in total. The van der Waals surface area contributed by atoms with Gasteiger partial charge in [0.15, 0.2) is 0 Å². The molecule has 0 aromatic rings. The number of hydrogen-bond donors (Lipinski definition) is 5. The van der Waals surface area contributed by atoms with Crippen LogP contribution in [0.1, 0.15) is 6.42 Å². The molecule has 0 aromatic heterocycles. The van der Waals surface area contributed by atoms with E-state index in [0.717, 1.165) is 0 Å². The van der Waals surface area contributed by atoms with Gasteiger partial charge in [0.1, 0.15) is 6.04 Å². The molecule has 0 radical (unpaired) electrons. The second kappa shape index (κ2) is 4.45. The van der Waals surface area contributed by atoms with Gasteiger partial charge in [0.25, 0.3) is 0 Å².